The molecule has 0 saturated carbocycles. The van der Waals surface area contributed by atoms with Crippen LogP contribution in [0.1, 0.15) is 5.56 Å². The van der Waals surface area contributed by atoms with Crippen LogP contribution >= 0.6 is 15.9 Å². The third kappa shape index (κ3) is 2.61. The molecule has 0 fully saturated rings. The predicted molar refractivity (Wildman–Crippen MR) is 52.7 cm³/mol. The fraction of sp³-hybridized carbons (Fsp3) is 0.222. The van der Waals surface area contributed by atoms with Crippen LogP contribution < -0.4 is 4.74 Å². The first-order valence-corrected chi connectivity index (χ1v) is 4.61. The number of rotatable bonds is 3. The van der Waals surface area contributed by atoms with Crippen molar-refractivity contribution >= 4 is 22.0 Å². The predicted octanol–water partition coefficient (Wildman–Crippen LogP) is 2.84. The quantitative estimate of drug-likeness (QED) is 0.484. The molecule has 6 heteroatoms. The molecule has 0 aliphatic carbocycles. The monoisotopic (exact) mass is 277 g/mol. The Bertz CT molecular complexity index is 417. The molecule has 80 valence electrons. The molecule has 0 unspecified atom stereocenters. The number of ether oxygens (including phenoxy) is 1. The number of aliphatic imine (C=N–C) groups is 1. The first-order chi connectivity index (χ1) is 7.01. The van der Waals surface area contributed by atoms with Gasteiger partial charge in [0.05, 0.1) is 12.7 Å². The van der Waals surface area contributed by atoms with Gasteiger partial charge in [0.2, 0.25) is 6.08 Å². The third-order valence-electron chi connectivity index (χ3n) is 1.67. The summed E-state index contributed by atoms with van der Waals surface area (Å²) in [6.45, 7) is 0. The van der Waals surface area contributed by atoms with Gasteiger partial charge in [0.15, 0.2) is 0 Å². The topological polar surface area (TPSA) is 38.7 Å². The van der Waals surface area contributed by atoms with Crippen LogP contribution in [0, 0.1) is 0 Å². The maximum atomic E-state index is 13.3. The summed E-state index contributed by atoms with van der Waals surface area (Å²) < 4.78 is 31.7. The molecule has 1 aromatic carbocycles. The molecule has 0 bridgehead atoms. The Hall–Kier alpha value is -1.26. The molecule has 0 amide bonds. The molecule has 0 spiro atoms. The Labute approximate surface area is 92.9 Å². The maximum absolute atomic E-state index is 13.3. The zero-order valence-corrected chi connectivity index (χ0v) is 9.22. The van der Waals surface area contributed by atoms with E-state index in [9.17, 15) is 13.6 Å². The molecule has 0 N–H and O–H groups in total. The van der Waals surface area contributed by atoms with Gasteiger partial charge < -0.3 is 4.74 Å². The highest BCUT2D eigenvalue weighted by molar-refractivity contribution is 9.10. The van der Waals surface area contributed by atoms with Gasteiger partial charge in [0, 0.05) is 4.47 Å². The third-order valence-corrected chi connectivity index (χ3v) is 2.16. The number of halogens is 3. The number of benzene rings is 1. The second-order valence-electron chi connectivity index (χ2n) is 2.59. The van der Waals surface area contributed by atoms with Gasteiger partial charge in [0.1, 0.15) is 5.75 Å². The molecule has 15 heavy (non-hydrogen) atoms. The zero-order valence-electron chi connectivity index (χ0n) is 7.63. The van der Waals surface area contributed by atoms with Crippen LogP contribution in [0.15, 0.2) is 27.7 Å². The highest BCUT2D eigenvalue weighted by atomic mass is 79.9. The van der Waals surface area contributed by atoms with Crippen LogP contribution in [-0.2, 0) is 10.8 Å². The number of isocyanates is 1. The van der Waals surface area contributed by atoms with Crippen molar-refractivity contribution in [3.05, 3.63) is 28.2 Å². The number of nitrogens with zero attached hydrogens (tertiary/aromatic N) is 1. The summed E-state index contributed by atoms with van der Waals surface area (Å²) in [5.41, 5.74) is -0.484. The Morgan fingerprint density at radius 3 is 2.73 bits per heavy atom. The van der Waals surface area contributed by atoms with Crippen molar-refractivity contribution in [2.24, 2.45) is 4.99 Å². The van der Waals surface area contributed by atoms with E-state index >= 15 is 0 Å². The standard InChI is InChI=1S/C9H6BrF2NO2/c1-15-8-3-2-6(10)4-7(8)9(11,12)13-5-14/h2-4H,1H3. The van der Waals surface area contributed by atoms with Crippen molar-refractivity contribution in [1.29, 1.82) is 0 Å². The van der Waals surface area contributed by atoms with Crippen molar-refractivity contribution in [2.75, 3.05) is 7.11 Å². The molecule has 0 aromatic heterocycles. The largest absolute Gasteiger partial charge is 0.496 e. The number of hydrogen-bond acceptors (Lipinski definition) is 3. The van der Waals surface area contributed by atoms with Crippen molar-refractivity contribution < 1.29 is 18.3 Å². The molecule has 1 aromatic rings. The molecule has 0 saturated heterocycles. The zero-order chi connectivity index (χ0) is 11.5. The van der Waals surface area contributed by atoms with Crippen LogP contribution in [0.4, 0.5) is 8.78 Å². The summed E-state index contributed by atoms with van der Waals surface area (Å²) in [6, 6.07) is 0.410. The van der Waals surface area contributed by atoms with Gasteiger partial charge in [0.25, 0.3) is 0 Å². The summed E-state index contributed by atoms with van der Waals surface area (Å²) in [7, 11) is 1.26. The van der Waals surface area contributed by atoms with E-state index in [0.29, 0.717) is 4.47 Å². The average Bonchev–Trinajstić information content (AvgIpc) is 2.17. The number of methoxy groups -OCH3 is 1. The van der Waals surface area contributed by atoms with E-state index < -0.39 is 11.6 Å². The highest BCUT2D eigenvalue weighted by Crippen LogP contribution is 2.37. The fourth-order valence-corrected chi connectivity index (χ4v) is 1.39. The SMILES string of the molecule is COc1ccc(Br)cc1C(F)(F)N=C=O. The van der Waals surface area contributed by atoms with E-state index in [0.717, 1.165) is 12.1 Å². The Morgan fingerprint density at radius 2 is 2.20 bits per heavy atom. The second-order valence-corrected chi connectivity index (χ2v) is 3.50. The normalized spacial score (nSPS) is 10.7. The Morgan fingerprint density at radius 1 is 1.53 bits per heavy atom. The second kappa shape index (κ2) is 4.51. The lowest BCUT2D eigenvalue weighted by Crippen LogP contribution is -2.11. The van der Waals surface area contributed by atoms with Crippen LogP contribution in [0.5, 0.6) is 5.75 Å². The summed E-state index contributed by atoms with van der Waals surface area (Å²) in [5.74, 6) is -0.0396. The fourth-order valence-electron chi connectivity index (χ4n) is 1.03. The van der Waals surface area contributed by atoms with E-state index in [1.165, 1.54) is 13.2 Å². The molecular weight excluding hydrogens is 272 g/mol. The Balaban J connectivity index is 3.33. The minimum atomic E-state index is -3.63. The van der Waals surface area contributed by atoms with Gasteiger partial charge in [-0.15, -0.1) is 4.99 Å². The van der Waals surface area contributed by atoms with Crippen molar-refractivity contribution in [2.45, 2.75) is 6.05 Å². The van der Waals surface area contributed by atoms with Crippen LogP contribution in [0.25, 0.3) is 0 Å². The van der Waals surface area contributed by atoms with Gasteiger partial charge in [-0.25, -0.2) is 4.79 Å². The van der Waals surface area contributed by atoms with Gasteiger partial charge in [-0.2, -0.15) is 8.78 Å². The van der Waals surface area contributed by atoms with Crippen molar-refractivity contribution in [3.8, 4) is 5.75 Å². The Kier molecular flexibility index (Phi) is 3.55. The van der Waals surface area contributed by atoms with E-state index in [1.54, 1.807) is 6.07 Å². The van der Waals surface area contributed by atoms with Gasteiger partial charge in [-0.05, 0) is 18.2 Å². The molecule has 0 aliphatic heterocycles. The van der Waals surface area contributed by atoms with E-state index in [2.05, 4.69) is 20.9 Å². The number of alkyl halides is 2. The first-order valence-electron chi connectivity index (χ1n) is 3.82. The number of hydrogen-bond donors (Lipinski definition) is 0. The smallest absolute Gasteiger partial charge is 0.382 e. The highest BCUT2D eigenvalue weighted by Gasteiger charge is 2.34. The van der Waals surface area contributed by atoms with Gasteiger partial charge in [-0.3, -0.25) is 0 Å². The minimum absolute atomic E-state index is 0.0396. The average molecular weight is 278 g/mol. The van der Waals surface area contributed by atoms with E-state index in [-0.39, 0.29) is 5.75 Å². The van der Waals surface area contributed by atoms with Gasteiger partial charge >= 0.3 is 6.05 Å². The van der Waals surface area contributed by atoms with Crippen molar-refractivity contribution in [3.63, 3.8) is 0 Å². The van der Waals surface area contributed by atoms with Crippen LogP contribution in [0.2, 0.25) is 0 Å². The maximum Gasteiger partial charge on any atom is 0.382 e. The summed E-state index contributed by atoms with van der Waals surface area (Å²) in [6.07, 6.45) is 0.831. The lowest BCUT2D eigenvalue weighted by Gasteiger charge is -2.13. The summed E-state index contributed by atoms with van der Waals surface area (Å²) >= 11 is 3.04. The first kappa shape index (κ1) is 11.8. The lowest BCUT2D eigenvalue weighted by molar-refractivity contribution is 0.00384. The summed E-state index contributed by atoms with van der Waals surface area (Å²) in [4.78, 5) is 12.3. The minimum Gasteiger partial charge on any atom is -0.496 e. The van der Waals surface area contributed by atoms with Crippen molar-refractivity contribution in [1.82, 2.24) is 0 Å². The molecule has 0 aliphatic rings. The molecular formula is C9H6BrF2NO2. The molecule has 0 heterocycles. The molecule has 0 radical (unpaired) electrons. The lowest BCUT2D eigenvalue weighted by atomic mass is 10.1. The summed E-state index contributed by atoms with van der Waals surface area (Å²) in [5, 5.41) is 0. The van der Waals surface area contributed by atoms with Crippen LogP contribution in [-0.4, -0.2) is 13.2 Å². The van der Waals surface area contributed by atoms with E-state index in [1.807, 2.05) is 0 Å². The molecule has 0 atom stereocenters. The van der Waals surface area contributed by atoms with Crippen LogP contribution in [0.3, 0.4) is 0 Å². The molecule has 1 rings (SSSR count). The number of carbonyl (C=O) groups excluding carboxylic acids is 1. The molecule has 3 nitrogen and oxygen atoms in total. The van der Waals surface area contributed by atoms with Gasteiger partial charge in [-0.1, -0.05) is 15.9 Å². The van der Waals surface area contributed by atoms with E-state index in [4.69, 9.17) is 4.74 Å².